The van der Waals surface area contributed by atoms with Gasteiger partial charge in [-0.15, -0.1) is 0 Å². The maximum Gasteiger partial charge on any atom is 0.416 e. The van der Waals surface area contributed by atoms with Crippen molar-refractivity contribution in [2.75, 3.05) is 0 Å². The Morgan fingerprint density at radius 1 is 1.21 bits per heavy atom. The third kappa shape index (κ3) is 3.53. The van der Waals surface area contributed by atoms with Crippen LogP contribution < -0.4 is 0 Å². The van der Waals surface area contributed by atoms with Crippen molar-refractivity contribution in [2.45, 2.75) is 37.9 Å². The monoisotopic (exact) mass is 330 g/mol. The van der Waals surface area contributed by atoms with Gasteiger partial charge in [-0.1, -0.05) is 25.0 Å². The van der Waals surface area contributed by atoms with Gasteiger partial charge in [0.1, 0.15) is 0 Å². The first kappa shape index (κ1) is 16.4. The zero-order valence-electron chi connectivity index (χ0n) is 13.1. The average Bonchev–Trinajstić information content (AvgIpc) is 3.23. The number of halogens is 3. The molecule has 0 bridgehead atoms. The molecule has 0 spiro atoms. The second kappa shape index (κ2) is 6.56. The van der Waals surface area contributed by atoms with Crippen LogP contribution in [-0.2, 0) is 6.18 Å². The molecule has 1 aromatic heterocycles. The molecule has 2 aromatic rings. The Morgan fingerprint density at radius 3 is 2.62 bits per heavy atom. The standard InChI is InChI=1S/C19H17F3N2/c20-19(21,22)17-5-3-4-15(11-17)16(12-23)10-14-8-9-24(13-14)18-6-1-2-7-18/h3-5,8-11,13,18H,1-2,6-7H2/b16-10+. The van der Waals surface area contributed by atoms with Gasteiger partial charge in [-0.2, -0.15) is 18.4 Å². The van der Waals surface area contributed by atoms with Crippen LogP contribution in [0, 0.1) is 11.3 Å². The Balaban J connectivity index is 1.89. The molecule has 0 radical (unpaired) electrons. The molecule has 3 rings (SSSR count). The highest BCUT2D eigenvalue weighted by molar-refractivity contribution is 5.89. The molecule has 0 unspecified atom stereocenters. The van der Waals surface area contributed by atoms with Gasteiger partial charge < -0.3 is 4.57 Å². The number of rotatable bonds is 3. The lowest BCUT2D eigenvalue weighted by Crippen LogP contribution is -2.04. The summed E-state index contributed by atoms with van der Waals surface area (Å²) < 4.78 is 40.6. The number of hydrogen-bond donors (Lipinski definition) is 0. The van der Waals surface area contributed by atoms with Gasteiger partial charge >= 0.3 is 6.18 Å². The van der Waals surface area contributed by atoms with Gasteiger partial charge in [-0.05, 0) is 48.2 Å². The molecule has 0 aliphatic heterocycles. The molecule has 24 heavy (non-hydrogen) atoms. The maximum atomic E-state index is 12.8. The molecule has 1 saturated carbocycles. The first-order valence-electron chi connectivity index (χ1n) is 7.94. The van der Waals surface area contributed by atoms with Crippen molar-refractivity contribution in [1.29, 1.82) is 5.26 Å². The van der Waals surface area contributed by atoms with Crippen LogP contribution in [0.15, 0.2) is 42.7 Å². The summed E-state index contributed by atoms with van der Waals surface area (Å²) in [7, 11) is 0. The van der Waals surface area contributed by atoms with E-state index in [0.717, 1.165) is 30.5 Å². The number of hydrogen-bond acceptors (Lipinski definition) is 1. The normalized spacial score (nSPS) is 16.3. The fraction of sp³-hybridized carbons (Fsp3) is 0.316. The minimum atomic E-state index is -4.41. The number of nitrogens with zero attached hydrogens (tertiary/aromatic N) is 2. The zero-order valence-corrected chi connectivity index (χ0v) is 13.1. The van der Waals surface area contributed by atoms with Gasteiger partial charge in [-0.3, -0.25) is 0 Å². The second-order valence-corrected chi connectivity index (χ2v) is 6.08. The summed E-state index contributed by atoms with van der Waals surface area (Å²) >= 11 is 0. The second-order valence-electron chi connectivity index (χ2n) is 6.08. The number of allylic oxidation sites excluding steroid dienone is 1. The molecule has 0 amide bonds. The molecule has 0 atom stereocenters. The van der Waals surface area contributed by atoms with Crippen molar-refractivity contribution in [3.8, 4) is 6.07 Å². The summed E-state index contributed by atoms with van der Waals surface area (Å²) in [5, 5.41) is 9.35. The summed E-state index contributed by atoms with van der Waals surface area (Å²) in [6.07, 6.45) is 5.91. The quantitative estimate of drug-likeness (QED) is 0.665. The van der Waals surface area contributed by atoms with Crippen LogP contribution in [0.1, 0.15) is 48.4 Å². The molecule has 124 valence electrons. The summed E-state index contributed by atoms with van der Waals surface area (Å²) in [4.78, 5) is 0. The van der Waals surface area contributed by atoms with Crippen LogP contribution in [0.2, 0.25) is 0 Å². The van der Waals surface area contributed by atoms with Gasteiger partial charge in [0.2, 0.25) is 0 Å². The van der Waals surface area contributed by atoms with Crippen LogP contribution in [-0.4, -0.2) is 4.57 Å². The number of nitriles is 1. The molecular formula is C19H17F3N2. The Labute approximate surface area is 138 Å². The lowest BCUT2D eigenvalue weighted by molar-refractivity contribution is -0.137. The predicted molar refractivity (Wildman–Crippen MR) is 86.9 cm³/mol. The first-order chi connectivity index (χ1) is 11.5. The SMILES string of the molecule is N#C/C(=C\c1ccn(C2CCCC2)c1)c1cccc(C(F)(F)F)c1. The smallest absolute Gasteiger partial charge is 0.351 e. The van der Waals surface area contributed by atoms with E-state index in [-0.39, 0.29) is 11.1 Å². The summed E-state index contributed by atoms with van der Waals surface area (Å²) in [6.45, 7) is 0. The van der Waals surface area contributed by atoms with Crippen molar-refractivity contribution in [2.24, 2.45) is 0 Å². The van der Waals surface area contributed by atoms with Gasteiger partial charge in [0.05, 0.1) is 17.2 Å². The third-order valence-corrected chi connectivity index (χ3v) is 4.42. The summed E-state index contributed by atoms with van der Waals surface area (Å²) in [6, 6.07) is 9.27. The van der Waals surface area contributed by atoms with Crippen LogP contribution in [0.5, 0.6) is 0 Å². The van der Waals surface area contributed by atoms with E-state index in [1.807, 2.05) is 24.5 Å². The molecule has 1 aliphatic carbocycles. The topological polar surface area (TPSA) is 28.7 Å². The molecule has 1 fully saturated rings. The maximum absolute atomic E-state index is 12.8. The van der Waals surface area contributed by atoms with Gasteiger partial charge in [0.25, 0.3) is 0 Å². The number of benzene rings is 1. The van der Waals surface area contributed by atoms with Crippen molar-refractivity contribution >= 4 is 11.6 Å². The first-order valence-corrected chi connectivity index (χ1v) is 7.94. The van der Waals surface area contributed by atoms with E-state index in [1.165, 1.54) is 25.0 Å². The van der Waals surface area contributed by atoms with Crippen LogP contribution in [0.4, 0.5) is 13.2 Å². The fourth-order valence-electron chi connectivity index (χ4n) is 3.16. The van der Waals surface area contributed by atoms with E-state index in [4.69, 9.17) is 0 Å². The van der Waals surface area contributed by atoms with Crippen molar-refractivity contribution in [3.63, 3.8) is 0 Å². The van der Waals surface area contributed by atoms with Crippen LogP contribution >= 0.6 is 0 Å². The molecule has 2 nitrogen and oxygen atoms in total. The average molecular weight is 330 g/mol. The van der Waals surface area contributed by atoms with Crippen LogP contribution in [0.3, 0.4) is 0 Å². The van der Waals surface area contributed by atoms with Crippen molar-refractivity contribution in [3.05, 3.63) is 59.4 Å². The molecule has 1 aliphatic rings. The Kier molecular flexibility index (Phi) is 4.48. The highest BCUT2D eigenvalue weighted by Gasteiger charge is 2.30. The number of alkyl halides is 3. The highest BCUT2D eigenvalue weighted by Crippen LogP contribution is 2.32. The lowest BCUT2D eigenvalue weighted by Gasteiger charge is -2.10. The van der Waals surface area contributed by atoms with E-state index in [9.17, 15) is 18.4 Å². The molecule has 5 heteroatoms. The third-order valence-electron chi connectivity index (χ3n) is 4.42. The summed E-state index contributed by atoms with van der Waals surface area (Å²) in [5.41, 5.74) is 0.590. The minimum absolute atomic E-state index is 0.227. The van der Waals surface area contributed by atoms with Crippen molar-refractivity contribution < 1.29 is 13.2 Å². The largest absolute Gasteiger partial charge is 0.416 e. The van der Waals surface area contributed by atoms with Crippen molar-refractivity contribution in [1.82, 2.24) is 4.57 Å². The van der Waals surface area contributed by atoms with E-state index < -0.39 is 11.7 Å². The van der Waals surface area contributed by atoms with E-state index in [0.29, 0.717) is 6.04 Å². The molecular weight excluding hydrogens is 313 g/mol. The fourth-order valence-corrected chi connectivity index (χ4v) is 3.16. The van der Waals surface area contributed by atoms with E-state index in [1.54, 1.807) is 6.08 Å². The highest BCUT2D eigenvalue weighted by atomic mass is 19.4. The van der Waals surface area contributed by atoms with E-state index in [2.05, 4.69) is 4.57 Å². The summed E-state index contributed by atoms with van der Waals surface area (Å²) in [5.74, 6) is 0. The zero-order chi connectivity index (χ0) is 17.2. The van der Waals surface area contributed by atoms with E-state index >= 15 is 0 Å². The minimum Gasteiger partial charge on any atom is -0.351 e. The molecule has 0 saturated heterocycles. The van der Waals surface area contributed by atoms with Gasteiger partial charge in [0.15, 0.2) is 0 Å². The molecule has 0 N–H and O–H groups in total. The van der Waals surface area contributed by atoms with Gasteiger partial charge in [0, 0.05) is 18.4 Å². The molecule has 1 aromatic carbocycles. The Hall–Kier alpha value is -2.48. The van der Waals surface area contributed by atoms with Gasteiger partial charge in [-0.25, -0.2) is 0 Å². The Morgan fingerprint density at radius 2 is 1.96 bits per heavy atom. The molecule has 1 heterocycles. The predicted octanol–water partition coefficient (Wildman–Crippen LogP) is 5.69. The lowest BCUT2D eigenvalue weighted by atomic mass is 10.0. The Bertz CT molecular complexity index is 787. The number of aromatic nitrogens is 1. The van der Waals surface area contributed by atoms with Crippen LogP contribution in [0.25, 0.3) is 11.6 Å².